The SMILES string of the molecule is NCCC(O)c1c(Br)ccc(Cl)c1F. The summed E-state index contributed by atoms with van der Waals surface area (Å²) < 4.78 is 14.0. The van der Waals surface area contributed by atoms with Gasteiger partial charge in [0.15, 0.2) is 0 Å². The predicted molar refractivity (Wildman–Crippen MR) is 57.7 cm³/mol. The van der Waals surface area contributed by atoms with Gasteiger partial charge in [0.2, 0.25) is 0 Å². The number of aliphatic hydroxyl groups is 1. The maximum Gasteiger partial charge on any atom is 0.148 e. The molecule has 78 valence electrons. The molecule has 1 rings (SSSR count). The molecule has 0 radical (unpaired) electrons. The van der Waals surface area contributed by atoms with Crippen LogP contribution in [0.4, 0.5) is 4.39 Å². The number of halogens is 3. The lowest BCUT2D eigenvalue weighted by atomic mass is 10.1. The summed E-state index contributed by atoms with van der Waals surface area (Å²) in [6.45, 7) is 0.291. The van der Waals surface area contributed by atoms with E-state index >= 15 is 0 Å². The molecule has 0 saturated carbocycles. The van der Waals surface area contributed by atoms with Crippen LogP contribution in [-0.2, 0) is 0 Å². The van der Waals surface area contributed by atoms with E-state index in [9.17, 15) is 9.50 Å². The average Bonchev–Trinajstić information content (AvgIpc) is 2.13. The zero-order valence-corrected chi connectivity index (χ0v) is 9.65. The highest BCUT2D eigenvalue weighted by atomic mass is 79.9. The number of benzene rings is 1. The van der Waals surface area contributed by atoms with Gasteiger partial charge in [-0.25, -0.2) is 4.39 Å². The Morgan fingerprint density at radius 1 is 1.57 bits per heavy atom. The van der Waals surface area contributed by atoms with E-state index in [2.05, 4.69) is 15.9 Å². The summed E-state index contributed by atoms with van der Waals surface area (Å²) in [6, 6.07) is 3.03. The monoisotopic (exact) mass is 281 g/mol. The van der Waals surface area contributed by atoms with Crippen LogP contribution in [0.2, 0.25) is 5.02 Å². The van der Waals surface area contributed by atoms with E-state index < -0.39 is 11.9 Å². The van der Waals surface area contributed by atoms with Crippen molar-refractivity contribution >= 4 is 27.5 Å². The fourth-order valence-electron chi connectivity index (χ4n) is 1.15. The van der Waals surface area contributed by atoms with Gasteiger partial charge in [-0.1, -0.05) is 27.5 Å². The lowest BCUT2D eigenvalue weighted by Crippen LogP contribution is -2.09. The average molecular weight is 283 g/mol. The molecule has 0 aromatic heterocycles. The zero-order valence-electron chi connectivity index (χ0n) is 7.30. The summed E-state index contributed by atoms with van der Waals surface area (Å²) >= 11 is 8.74. The van der Waals surface area contributed by atoms with Crippen LogP contribution < -0.4 is 5.73 Å². The summed E-state index contributed by atoms with van der Waals surface area (Å²) in [7, 11) is 0. The summed E-state index contributed by atoms with van der Waals surface area (Å²) in [5.74, 6) is -0.595. The quantitative estimate of drug-likeness (QED) is 0.837. The Bertz CT molecular complexity index is 335. The Labute approximate surface area is 95.0 Å². The van der Waals surface area contributed by atoms with Crippen LogP contribution in [-0.4, -0.2) is 11.7 Å². The molecule has 0 aliphatic carbocycles. The van der Waals surface area contributed by atoms with Gasteiger partial charge in [0.05, 0.1) is 11.1 Å². The minimum Gasteiger partial charge on any atom is -0.388 e. The van der Waals surface area contributed by atoms with Gasteiger partial charge in [0.1, 0.15) is 5.82 Å². The van der Waals surface area contributed by atoms with E-state index in [-0.39, 0.29) is 10.6 Å². The van der Waals surface area contributed by atoms with Crippen LogP contribution in [0.3, 0.4) is 0 Å². The second kappa shape index (κ2) is 5.07. The molecule has 1 atom stereocenters. The first-order valence-corrected chi connectivity index (χ1v) is 5.26. The Hall–Kier alpha value is -0.160. The topological polar surface area (TPSA) is 46.2 Å². The van der Waals surface area contributed by atoms with E-state index in [1.807, 2.05) is 0 Å². The molecule has 1 aromatic carbocycles. The first kappa shape index (κ1) is 11.9. The number of nitrogens with two attached hydrogens (primary N) is 1. The third kappa shape index (κ3) is 2.45. The molecular formula is C9H10BrClFNO. The normalized spacial score (nSPS) is 12.9. The Morgan fingerprint density at radius 3 is 2.79 bits per heavy atom. The molecule has 1 aromatic rings. The summed E-state index contributed by atoms with van der Waals surface area (Å²) in [6.07, 6.45) is -0.622. The van der Waals surface area contributed by atoms with Gasteiger partial charge in [-0.15, -0.1) is 0 Å². The molecule has 0 bridgehead atoms. The largest absolute Gasteiger partial charge is 0.388 e. The molecule has 0 heterocycles. The lowest BCUT2D eigenvalue weighted by Gasteiger charge is -2.13. The van der Waals surface area contributed by atoms with Crippen molar-refractivity contribution in [3.8, 4) is 0 Å². The second-order valence-corrected chi connectivity index (χ2v) is 4.11. The van der Waals surface area contributed by atoms with Crippen LogP contribution in [0.25, 0.3) is 0 Å². The van der Waals surface area contributed by atoms with E-state index in [0.717, 1.165) is 0 Å². The molecule has 2 nitrogen and oxygen atoms in total. The first-order chi connectivity index (χ1) is 6.57. The number of hydrogen-bond donors (Lipinski definition) is 2. The van der Waals surface area contributed by atoms with Gasteiger partial charge in [-0.3, -0.25) is 0 Å². The van der Waals surface area contributed by atoms with Crippen LogP contribution >= 0.6 is 27.5 Å². The fourth-order valence-corrected chi connectivity index (χ4v) is 1.89. The summed E-state index contributed by atoms with van der Waals surface area (Å²) in [4.78, 5) is 0. The maximum absolute atomic E-state index is 13.5. The highest BCUT2D eigenvalue weighted by Gasteiger charge is 2.17. The zero-order chi connectivity index (χ0) is 10.7. The molecular weight excluding hydrogens is 272 g/mol. The van der Waals surface area contributed by atoms with Crippen molar-refractivity contribution in [2.75, 3.05) is 6.54 Å². The molecule has 0 saturated heterocycles. The molecule has 0 spiro atoms. The van der Waals surface area contributed by atoms with Crippen molar-refractivity contribution < 1.29 is 9.50 Å². The number of rotatable bonds is 3. The number of aliphatic hydroxyl groups excluding tert-OH is 1. The Kier molecular flexibility index (Phi) is 4.31. The molecule has 0 aliphatic rings. The summed E-state index contributed by atoms with van der Waals surface area (Å²) in [5.41, 5.74) is 5.44. The van der Waals surface area contributed by atoms with Crippen LogP contribution in [0.15, 0.2) is 16.6 Å². The van der Waals surface area contributed by atoms with E-state index in [0.29, 0.717) is 17.4 Å². The fraction of sp³-hybridized carbons (Fsp3) is 0.333. The van der Waals surface area contributed by atoms with Gasteiger partial charge in [0.25, 0.3) is 0 Å². The molecule has 0 amide bonds. The molecule has 1 unspecified atom stereocenters. The first-order valence-electron chi connectivity index (χ1n) is 4.09. The third-order valence-electron chi connectivity index (χ3n) is 1.85. The van der Waals surface area contributed by atoms with E-state index in [4.69, 9.17) is 17.3 Å². The highest BCUT2D eigenvalue weighted by Crippen LogP contribution is 2.31. The van der Waals surface area contributed by atoms with E-state index in [1.54, 1.807) is 6.07 Å². The van der Waals surface area contributed by atoms with Crippen molar-refractivity contribution in [1.29, 1.82) is 0 Å². The maximum atomic E-state index is 13.5. The van der Waals surface area contributed by atoms with Crippen LogP contribution in [0.5, 0.6) is 0 Å². The van der Waals surface area contributed by atoms with Gasteiger partial charge < -0.3 is 10.8 Å². The second-order valence-electron chi connectivity index (χ2n) is 2.85. The Balaban J connectivity index is 3.11. The highest BCUT2D eigenvalue weighted by molar-refractivity contribution is 9.10. The van der Waals surface area contributed by atoms with Crippen molar-refractivity contribution in [3.05, 3.63) is 33.0 Å². The van der Waals surface area contributed by atoms with Crippen molar-refractivity contribution in [2.45, 2.75) is 12.5 Å². The molecule has 14 heavy (non-hydrogen) atoms. The Morgan fingerprint density at radius 2 is 2.21 bits per heavy atom. The van der Waals surface area contributed by atoms with Gasteiger partial charge in [-0.2, -0.15) is 0 Å². The van der Waals surface area contributed by atoms with Crippen LogP contribution in [0, 0.1) is 5.82 Å². The molecule has 0 aliphatic heterocycles. The molecule has 3 N–H and O–H groups in total. The lowest BCUT2D eigenvalue weighted by molar-refractivity contribution is 0.165. The van der Waals surface area contributed by atoms with Crippen molar-refractivity contribution in [2.24, 2.45) is 5.73 Å². The minimum absolute atomic E-state index is 0.000675. The van der Waals surface area contributed by atoms with Gasteiger partial charge >= 0.3 is 0 Å². The minimum atomic E-state index is -0.923. The molecule has 0 fully saturated rings. The smallest absolute Gasteiger partial charge is 0.148 e. The van der Waals surface area contributed by atoms with Gasteiger partial charge in [-0.05, 0) is 25.1 Å². The molecule has 5 heteroatoms. The van der Waals surface area contributed by atoms with Gasteiger partial charge in [0, 0.05) is 10.0 Å². The van der Waals surface area contributed by atoms with Crippen LogP contribution in [0.1, 0.15) is 18.1 Å². The van der Waals surface area contributed by atoms with Crippen molar-refractivity contribution in [3.63, 3.8) is 0 Å². The standard InChI is InChI=1S/C9H10BrClFNO/c10-5-1-2-6(11)9(12)8(5)7(14)3-4-13/h1-2,7,14H,3-4,13H2. The summed E-state index contributed by atoms with van der Waals surface area (Å²) in [5, 5.41) is 9.60. The van der Waals surface area contributed by atoms with E-state index in [1.165, 1.54) is 6.07 Å². The third-order valence-corrected chi connectivity index (χ3v) is 2.84. The number of hydrogen-bond acceptors (Lipinski definition) is 2. The predicted octanol–water partition coefficient (Wildman–Crippen LogP) is 2.62. The van der Waals surface area contributed by atoms with Crippen molar-refractivity contribution in [1.82, 2.24) is 0 Å².